The third kappa shape index (κ3) is 3.96. The van der Waals surface area contributed by atoms with Crippen LogP contribution in [0.2, 0.25) is 0 Å². The molecule has 0 bridgehead atoms. The molecule has 106 valence electrons. The Morgan fingerprint density at radius 1 is 1.32 bits per heavy atom. The van der Waals surface area contributed by atoms with Crippen molar-refractivity contribution < 1.29 is 14.6 Å². The third-order valence-corrected chi connectivity index (χ3v) is 3.56. The average molecular weight is 265 g/mol. The fourth-order valence-corrected chi connectivity index (χ4v) is 2.11. The first-order chi connectivity index (χ1) is 8.86. The Morgan fingerprint density at radius 2 is 1.95 bits per heavy atom. The standard InChI is InChI=1S/C15H23NO3/c1-10-6-7-14(12(3)11(10)2)16(4)9-13(17)8-15(18)19-5/h6-7,13,17H,8-9H2,1-5H3. The van der Waals surface area contributed by atoms with Gasteiger partial charge in [-0.2, -0.15) is 0 Å². The highest BCUT2D eigenvalue weighted by Crippen LogP contribution is 2.24. The van der Waals surface area contributed by atoms with Crippen LogP contribution in [0.3, 0.4) is 0 Å². The molecule has 1 atom stereocenters. The van der Waals surface area contributed by atoms with Crippen LogP contribution in [0.5, 0.6) is 0 Å². The van der Waals surface area contributed by atoms with Crippen molar-refractivity contribution in [3.05, 3.63) is 28.8 Å². The van der Waals surface area contributed by atoms with Crippen LogP contribution in [-0.2, 0) is 9.53 Å². The Kier molecular flexibility index (Phi) is 5.36. The molecule has 0 aromatic heterocycles. The van der Waals surface area contributed by atoms with Crippen LogP contribution in [0, 0.1) is 20.8 Å². The number of ether oxygens (including phenoxy) is 1. The number of carbonyl (C=O) groups is 1. The van der Waals surface area contributed by atoms with Gasteiger partial charge in [0.15, 0.2) is 0 Å². The number of benzene rings is 1. The van der Waals surface area contributed by atoms with E-state index in [-0.39, 0.29) is 6.42 Å². The number of likely N-dealkylation sites (N-methyl/N-ethyl adjacent to an activating group) is 1. The second-order valence-corrected chi connectivity index (χ2v) is 4.97. The highest BCUT2D eigenvalue weighted by Gasteiger charge is 2.15. The molecule has 0 saturated heterocycles. The summed E-state index contributed by atoms with van der Waals surface area (Å²) in [6, 6.07) is 4.11. The van der Waals surface area contributed by atoms with Gasteiger partial charge >= 0.3 is 5.97 Å². The fraction of sp³-hybridized carbons (Fsp3) is 0.533. The van der Waals surface area contributed by atoms with E-state index in [0.717, 1.165) is 5.69 Å². The maximum absolute atomic E-state index is 11.1. The summed E-state index contributed by atoms with van der Waals surface area (Å²) in [5.74, 6) is -0.391. The topological polar surface area (TPSA) is 49.8 Å². The monoisotopic (exact) mass is 265 g/mol. The van der Waals surface area contributed by atoms with Crippen LogP contribution in [0.4, 0.5) is 5.69 Å². The lowest BCUT2D eigenvalue weighted by molar-refractivity contribution is -0.142. The molecule has 0 aliphatic heterocycles. The van der Waals surface area contributed by atoms with Crippen molar-refractivity contribution >= 4 is 11.7 Å². The molecular weight excluding hydrogens is 242 g/mol. The number of rotatable bonds is 5. The Balaban J connectivity index is 2.76. The predicted octanol–water partition coefficient (Wildman–Crippen LogP) is 1.97. The minimum Gasteiger partial charge on any atom is -0.469 e. The number of hydrogen-bond donors (Lipinski definition) is 1. The Morgan fingerprint density at radius 3 is 2.53 bits per heavy atom. The average Bonchev–Trinajstić information content (AvgIpc) is 2.35. The fourth-order valence-electron chi connectivity index (χ4n) is 2.11. The molecule has 1 rings (SSSR count). The minimum absolute atomic E-state index is 0.0186. The van der Waals surface area contributed by atoms with Gasteiger partial charge in [-0.05, 0) is 43.5 Å². The zero-order valence-electron chi connectivity index (χ0n) is 12.4. The molecule has 0 aliphatic rings. The van der Waals surface area contributed by atoms with E-state index in [2.05, 4.69) is 31.6 Å². The first-order valence-electron chi connectivity index (χ1n) is 6.39. The lowest BCUT2D eigenvalue weighted by atomic mass is 10.0. The molecule has 1 aromatic carbocycles. The van der Waals surface area contributed by atoms with Gasteiger partial charge in [0.1, 0.15) is 0 Å². The van der Waals surface area contributed by atoms with Crippen LogP contribution in [0.15, 0.2) is 12.1 Å². The molecule has 19 heavy (non-hydrogen) atoms. The molecule has 4 heteroatoms. The molecule has 0 aliphatic carbocycles. The number of hydrogen-bond acceptors (Lipinski definition) is 4. The van der Waals surface area contributed by atoms with Gasteiger partial charge in [0.05, 0.1) is 19.6 Å². The van der Waals surface area contributed by atoms with Crippen molar-refractivity contribution in [2.75, 3.05) is 25.6 Å². The van der Waals surface area contributed by atoms with Crippen molar-refractivity contribution in [3.8, 4) is 0 Å². The minimum atomic E-state index is -0.724. The summed E-state index contributed by atoms with van der Waals surface area (Å²) in [7, 11) is 3.24. The van der Waals surface area contributed by atoms with E-state index < -0.39 is 12.1 Å². The van der Waals surface area contributed by atoms with Gasteiger partial charge < -0.3 is 14.7 Å². The van der Waals surface area contributed by atoms with Crippen LogP contribution >= 0.6 is 0 Å². The Hall–Kier alpha value is -1.55. The molecule has 0 amide bonds. The maximum atomic E-state index is 11.1. The number of methoxy groups -OCH3 is 1. The Bertz CT molecular complexity index is 457. The van der Waals surface area contributed by atoms with Gasteiger partial charge in [0.2, 0.25) is 0 Å². The van der Waals surface area contributed by atoms with Crippen LogP contribution in [0.25, 0.3) is 0 Å². The lowest BCUT2D eigenvalue weighted by Gasteiger charge is -2.25. The summed E-state index contributed by atoms with van der Waals surface area (Å²) in [6.45, 7) is 6.64. The number of nitrogens with zero attached hydrogens (tertiary/aromatic N) is 1. The molecule has 4 nitrogen and oxygen atoms in total. The number of aliphatic hydroxyl groups excluding tert-OH is 1. The number of anilines is 1. The summed E-state index contributed by atoms with van der Waals surface area (Å²) < 4.78 is 4.55. The smallest absolute Gasteiger partial charge is 0.308 e. The number of esters is 1. The number of carbonyl (C=O) groups excluding carboxylic acids is 1. The third-order valence-electron chi connectivity index (χ3n) is 3.56. The van der Waals surface area contributed by atoms with E-state index in [0.29, 0.717) is 6.54 Å². The molecule has 1 N–H and O–H groups in total. The summed E-state index contributed by atoms with van der Waals surface area (Å²) >= 11 is 0. The van der Waals surface area contributed by atoms with Crippen molar-refractivity contribution in [1.29, 1.82) is 0 Å². The number of aliphatic hydroxyl groups is 1. The quantitative estimate of drug-likeness (QED) is 0.827. The van der Waals surface area contributed by atoms with Crippen molar-refractivity contribution in [2.24, 2.45) is 0 Å². The summed E-state index contributed by atoms with van der Waals surface area (Å²) in [5.41, 5.74) is 4.79. The summed E-state index contributed by atoms with van der Waals surface area (Å²) in [5, 5.41) is 9.85. The maximum Gasteiger partial charge on any atom is 0.308 e. The molecular formula is C15H23NO3. The zero-order valence-corrected chi connectivity index (χ0v) is 12.4. The summed E-state index contributed by atoms with van der Waals surface area (Å²) in [4.78, 5) is 13.1. The van der Waals surface area contributed by atoms with Gasteiger partial charge in [-0.25, -0.2) is 0 Å². The van der Waals surface area contributed by atoms with Gasteiger partial charge in [-0.1, -0.05) is 6.07 Å². The molecule has 1 aromatic rings. The van der Waals surface area contributed by atoms with Crippen molar-refractivity contribution in [3.63, 3.8) is 0 Å². The second-order valence-electron chi connectivity index (χ2n) is 4.97. The molecule has 0 radical (unpaired) electrons. The van der Waals surface area contributed by atoms with E-state index in [1.807, 2.05) is 18.0 Å². The zero-order chi connectivity index (χ0) is 14.6. The molecule has 0 heterocycles. The number of aryl methyl sites for hydroxylation is 1. The highest BCUT2D eigenvalue weighted by atomic mass is 16.5. The van der Waals surface area contributed by atoms with Crippen LogP contribution in [-0.4, -0.2) is 37.9 Å². The van der Waals surface area contributed by atoms with Gasteiger partial charge in [0.25, 0.3) is 0 Å². The molecule has 0 saturated carbocycles. The van der Waals surface area contributed by atoms with Crippen molar-refractivity contribution in [1.82, 2.24) is 0 Å². The normalized spacial score (nSPS) is 12.1. The predicted molar refractivity (Wildman–Crippen MR) is 76.6 cm³/mol. The second kappa shape index (κ2) is 6.57. The van der Waals surface area contributed by atoms with E-state index in [4.69, 9.17) is 0 Å². The first-order valence-corrected chi connectivity index (χ1v) is 6.39. The summed E-state index contributed by atoms with van der Waals surface area (Å²) in [6.07, 6.45) is -0.705. The van der Waals surface area contributed by atoms with E-state index >= 15 is 0 Å². The Labute approximate surface area is 115 Å². The van der Waals surface area contributed by atoms with E-state index in [9.17, 15) is 9.90 Å². The molecule has 1 unspecified atom stereocenters. The largest absolute Gasteiger partial charge is 0.469 e. The van der Waals surface area contributed by atoms with Gasteiger partial charge in [-0.3, -0.25) is 4.79 Å². The SMILES string of the molecule is COC(=O)CC(O)CN(C)c1ccc(C)c(C)c1C. The van der Waals surface area contributed by atoms with Crippen LogP contribution < -0.4 is 4.90 Å². The van der Waals surface area contributed by atoms with Gasteiger partial charge in [-0.15, -0.1) is 0 Å². The van der Waals surface area contributed by atoms with E-state index in [1.54, 1.807) is 0 Å². The highest BCUT2D eigenvalue weighted by molar-refractivity contribution is 5.70. The first kappa shape index (κ1) is 15.5. The van der Waals surface area contributed by atoms with Gasteiger partial charge in [0, 0.05) is 19.3 Å². The molecule has 0 spiro atoms. The lowest BCUT2D eigenvalue weighted by Crippen LogP contribution is -2.31. The van der Waals surface area contributed by atoms with Crippen molar-refractivity contribution in [2.45, 2.75) is 33.3 Å². The van der Waals surface area contributed by atoms with Crippen LogP contribution in [0.1, 0.15) is 23.1 Å². The van der Waals surface area contributed by atoms with E-state index in [1.165, 1.54) is 23.8 Å². The molecule has 0 fully saturated rings.